The molecule has 120 valence electrons. The van der Waals surface area contributed by atoms with Crippen LogP contribution in [0.4, 0.5) is 0 Å². The third kappa shape index (κ3) is 3.58. The molecule has 0 bridgehead atoms. The molecule has 0 amide bonds. The maximum atomic E-state index is 10.8. The van der Waals surface area contributed by atoms with Crippen LogP contribution in [0.1, 0.15) is 47.4 Å². The number of fused-ring (bicyclic) bond motifs is 1. The molecule has 4 heteroatoms. The van der Waals surface area contributed by atoms with Crippen LogP contribution in [0.25, 0.3) is 0 Å². The van der Waals surface area contributed by atoms with E-state index in [0.29, 0.717) is 0 Å². The summed E-state index contributed by atoms with van der Waals surface area (Å²) >= 11 is 1.95. The molecular weight excluding hydrogens is 306 g/mol. The van der Waals surface area contributed by atoms with Gasteiger partial charge in [-0.25, -0.2) is 4.79 Å². The first kappa shape index (κ1) is 16.1. The smallest absolute Gasteiger partial charge is 0.337 e. The first-order chi connectivity index (χ1) is 11.0. The number of carbonyl (C=O) groups is 1. The normalized spacial score (nSPS) is 15.9. The number of aromatic nitrogens is 1. The molecule has 0 unspecified atom stereocenters. The van der Waals surface area contributed by atoms with Crippen LogP contribution in [0.2, 0.25) is 0 Å². The van der Waals surface area contributed by atoms with Gasteiger partial charge in [-0.05, 0) is 59.8 Å². The Labute approximate surface area is 141 Å². The van der Waals surface area contributed by atoms with E-state index < -0.39 is 5.97 Å². The number of thioether (sulfide) groups is 1. The van der Waals surface area contributed by atoms with E-state index in [1.54, 1.807) is 6.07 Å². The molecule has 1 aromatic carbocycles. The van der Waals surface area contributed by atoms with E-state index in [1.807, 2.05) is 17.8 Å². The van der Waals surface area contributed by atoms with Gasteiger partial charge in [0, 0.05) is 16.8 Å². The Bertz CT molecular complexity index is 723. The van der Waals surface area contributed by atoms with Crippen molar-refractivity contribution in [2.24, 2.45) is 0 Å². The number of carboxylic acids is 1. The van der Waals surface area contributed by atoms with Crippen molar-refractivity contribution < 1.29 is 9.90 Å². The number of aromatic carboxylic acids is 1. The summed E-state index contributed by atoms with van der Waals surface area (Å²) in [4.78, 5) is 16.5. The second-order valence-electron chi connectivity index (χ2n) is 6.66. The van der Waals surface area contributed by atoms with E-state index in [0.717, 1.165) is 18.5 Å². The number of aryl methyl sites for hydroxylation is 2. The molecule has 0 aliphatic carbocycles. The van der Waals surface area contributed by atoms with E-state index in [4.69, 9.17) is 5.11 Å². The summed E-state index contributed by atoms with van der Waals surface area (Å²) in [7, 11) is 0. The van der Waals surface area contributed by atoms with Gasteiger partial charge in [-0.1, -0.05) is 26.0 Å². The lowest BCUT2D eigenvalue weighted by Crippen LogP contribution is -2.22. The monoisotopic (exact) mass is 327 g/mol. The molecule has 3 rings (SSSR count). The molecule has 0 saturated heterocycles. The SMILES string of the molecule is CC1(C)CCSc2ccc(CCc3ccc(C(=O)O)cn3)cc21. The Kier molecular flexibility index (Phi) is 4.44. The summed E-state index contributed by atoms with van der Waals surface area (Å²) in [6.07, 6.45) is 4.40. The first-order valence-corrected chi connectivity index (χ1v) is 8.89. The summed E-state index contributed by atoms with van der Waals surface area (Å²) in [6, 6.07) is 10.2. The molecule has 3 nitrogen and oxygen atoms in total. The molecule has 2 aromatic rings. The van der Waals surface area contributed by atoms with Crippen LogP contribution in [0.15, 0.2) is 41.4 Å². The van der Waals surface area contributed by atoms with Crippen molar-refractivity contribution >= 4 is 17.7 Å². The number of hydrogen-bond acceptors (Lipinski definition) is 3. The van der Waals surface area contributed by atoms with Crippen LogP contribution >= 0.6 is 11.8 Å². The van der Waals surface area contributed by atoms with Crippen LogP contribution in [0.5, 0.6) is 0 Å². The fourth-order valence-electron chi connectivity index (χ4n) is 2.91. The minimum absolute atomic E-state index is 0.237. The Morgan fingerprint density at radius 2 is 2.09 bits per heavy atom. The summed E-state index contributed by atoms with van der Waals surface area (Å²) in [5.41, 5.74) is 4.20. The quantitative estimate of drug-likeness (QED) is 0.907. The second-order valence-corrected chi connectivity index (χ2v) is 7.79. The van der Waals surface area contributed by atoms with Crippen molar-refractivity contribution in [3.05, 3.63) is 58.9 Å². The van der Waals surface area contributed by atoms with Crippen molar-refractivity contribution in [1.29, 1.82) is 0 Å². The zero-order chi connectivity index (χ0) is 16.4. The highest BCUT2D eigenvalue weighted by atomic mass is 32.2. The molecular formula is C19H21NO2S. The molecule has 1 aromatic heterocycles. The highest BCUT2D eigenvalue weighted by molar-refractivity contribution is 7.99. The highest BCUT2D eigenvalue weighted by Gasteiger charge is 2.27. The Hall–Kier alpha value is -1.81. The molecule has 0 atom stereocenters. The molecule has 0 radical (unpaired) electrons. The van der Waals surface area contributed by atoms with Gasteiger partial charge in [0.05, 0.1) is 5.56 Å². The van der Waals surface area contributed by atoms with Gasteiger partial charge >= 0.3 is 5.97 Å². The minimum Gasteiger partial charge on any atom is -0.478 e. The number of hydrogen-bond donors (Lipinski definition) is 1. The molecule has 2 heterocycles. The average molecular weight is 327 g/mol. The van der Waals surface area contributed by atoms with Crippen molar-refractivity contribution in [3.63, 3.8) is 0 Å². The van der Waals surface area contributed by atoms with Crippen LogP contribution in [0, 0.1) is 0 Å². The fourth-order valence-corrected chi connectivity index (χ4v) is 4.40. The molecule has 1 aliphatic rings. The molecule has 1 aliphatic heterocycles. The maximum absolute atomic E-state index is 10.8. The van der Waals surface area contributed by atoms with Crippen LogP contribution < -0.4 is 0 Å². The van der Waals surface area contributed by atoms with E-state index in [9.17, 15) is 4.79 Å². The van der Waals surface area contributed by atoms with E-state index in [-0.39, 0.29) is 11.0 Å². The van der Waals surface area contributed by atoms with Crippen LogP contribution in [-0.4, -0.2) is 21.8 Å². The van der Waals surface area contributed by atoms with Crippen LogP contribution in [-0.2, 0) is 18.3 Å². The number of pyridine rings is 1. The highest BCUT2D eigenvalue weighted by Crippen LogP contribution is 2.41. The number of carboxylic acid groups (broad SMARTS) is 1. The standard InChI is InChI=1S/C19H21NO2S/c1-19(2)9-10-23-17-8-4-13(11-16(17)19)3-6-15-7-5-14(12-20-15)18(21)22/h4-5,7-8,11-12H,3,6,9-10H2,1-2H3,(H,21,22). The van der Waals surface area contributed by atoms with Gasteiger partial charge in [-0.3, -0.25) is 4.98 Å². The van der Waals surface area contributed by atoms with Crippen molar-refractivity contribution in [3.8, 4) is 0 Å². The molecule has 1 N–H and O–H groups in total. The number of benzene rings is 1. The summed E-state index contributed by atoms with van der Waals surface area (Å²) in [6.45, 7) is 4.64. The maximum Gasteiger partial charge on any atom is 0.337 e. The minimum atomic E-state index is -0.932. The van der Waals surface area contributed by atoms with Crippen molar-refractivity contribution in [1.82, 2.24) is 4.98 Å². The van der Waals surface area contributed by atoms with E-state index in [1.165, 1.54) is 34.4 Å². The molecule has 0 saturated carbocycles. The Balaban J connectivity index is 1.72. The number of rotatable bonds is 4. The van der Waals surface area contributed by atoms with Gasteiger partial charge in [0.15, 0.2) is 0 Å². The average Bonchev–Trinajstić information content (AvgIpc) is 2.53. The fraction of sp³-hybridized carbons (Fsp3) is 0.368. The van der Waals surface area contributed by atoms with E-state index >= 15 is 0 Å². The van der Waals surface area contributed by atoms with Gasteiger partial charge in [-0.2, -0.15) is 0 Å². The first-order valence-electron chi connectivity index (χ1n) is 7.90. The molecule has 23 heavy (non-hydrogen) atoms. The van der Waals surface area contributed by atoms with Gasteiger partial charge in [0.25, 0.3) is 0 Å². The zero-order valence-corrected chi connectivity index (χ0v) is 14.3. The van der Waals surface area contributed by atoms with E-state index in [2.05, 4.69) is 37.0 Å². The number of nitrogens with zero attached hydrogens (tertiary/aromatic N) is 1. The lowest BCUT2D eigenvalue weighted by molar-refractivity contribution is 0.0696. The lowest BCUT2D eigenvalue weighted by Gasteiger charge is -2.32. The lowest BCUT2D eigenvalue weighted by atomic mass is 9.81. The molecule has 0 spiro atoms. The second kappa shape index (κ2) is 6.36. The van der Waals surface area contributed by atoms with Crippen molar-refractivity contribution in [2.45, 2.75) is 43.4 Å². The summed E-state index contributed by atoms with van der Waals surface area (Å²) in [5, 5.41) is 8.90. The third-order valence-corrected chi connectivity index (χ3v) is 5.57. The summed E-state index contributed by atoms with van der Waals surface area (Å²) < 4.78 is 0. The predicted molar refractivity (Wildman–Crippen MR) is 93.4 cm³/mol. The topological polar surface area (TPSA) is 50.2 Å². The molecule has 0 fully saturated rings. The Morgan fingerprint density at radius 1 is 1.26 bits per heavy atom. The van der Waals surface area contributed by atoms with Gasteiger partial charge < -0.3 is 5.11 Å². The summed E-state index contributed by atoms with van der Waals surface area (Å²) in [5.74, 6) is 0.262. The largest absolute Gasteiger partial charge is 0.478 e. The van der Waals surface area contributed by atoms with Gasteiger partial charge in [-0.15, -0.1) is 11.8 Å². The van der Waals surface area contributed by atoms with Gasteiger partial charge in [0.1, 0.15) is 0 Å². The van der Waals surface area contributed by atoms with Crippen LogP contribution in [0.3, 0.4) is 0 Å². The van der Waals surface area contributed by atoms with Gasteiger partial charge in [0.2, 0.25) is 0 Å². The third-order valence-electron chi connectivity index (χ3n) is 4.50. The van der Waals surface area contributed by atoms with Crippen molar-refractivity contribution in [2.75, 3.05) is 5.75 Å². The Morgan fingerprint density at radius 3 is 2.78 bits per heavy atom. The zero-order valence-electron chi connectivity index (χ0n) is 13.5. The predicted octanol–water partition coefficient (Wildman–Crippen LogP) is 4.34.